The van der Waals surface area contributed by atoms with E-state index in [1.54, 1.807) is 19.1 Å². The third-order valence-corrected chi connectivity index (χ3v) is 5.32. The van der Waals surface area contributed by atoms with Crippen LogP contribution in [0.3, 0.4) is 0 Å². The van der Waals surface area contributed by atoms with E-state index < -0.39 is 29.6 Å². The minimum Gasteiger partial charge on any atom is -0.446 e. The smallest absolute Gasteiger partial charge is 0.407 e. The molecular weight excluding hydrogens is 397 g/mol. The standard InChI is InChI=1S/C22H21F3N2O3/c1-11(28)10-26-22(29)30-16-6-13(7-16)19-17-8-15(24)9-18(25)21(17)27-20(19)12-2-4-14(23)5-3-12/h2-5,8-9,11,13,16,27-28H,6-7,10H2,1H3,(H,26,29)/t11-,13-,16-/m1/s1. The van der Waals surface area contributed by atoms with Crippen molar-refractivity contribution in [2.45, 2.75) is 37.9 Å². The Balaban J connectivity index is 1.61. The molecule has 0 saturated heterocycles. The zero-order valence-electron chi connectivity index (χ0n) is 16.2. The van der Waals surface area contributed by atoms with Crippen LogP contribution >= 0.6 is 0 Å². The number of aromatic amines is 1. The summed E-state index contributed by atoms with van der Waals surface area (Å²) >= 11 is 0. The first-order valence-corrected chi connectivity index (χ1v) is 9.71. The molecule has 0 radical (unpaired) electrons. The lowest BCUT2D eigenvalue weighted by atomic mass is 9.75. The number of nitrogens with one attached hydrogen (secondary N) is 2. The number of aliphatic hydroxyl groups excluding tert-OH is 1. The van der Waals surface area contributed by atoms with Gasteiger partial charge in [-0.15, -0.1) is 0 Å². The number of carbonyl (C=O) groups excluding carboxylic acids is 1. The Kier molecular flexibility index (Phi) is 5.42. The number of H-pyrrole nitrogens is 1. The molecule has 0 bridgehead atoms. The summed E-state index contributed by atoms with van der Waals surface area (Å²) in [6.45, 7) is 1.64. The first kappa shape index (κ1) is 20.3. The van der Waals surface area contributed by atoms with Crippen molar-refractivity contribution in [1.29, 1.82) is 0 Å². The fourth-order valence-electron chi connectivity index (χ4n) is 3.83. The van der Waals surface area contributed by atoms with Crippen molar-refractivity contribution in [3.8, 4) is 11.3 Å². The number of amides is 1. The monoisotopic (exact) mass is 418 g/mol. The average molecular weight is 418 g/mol. The molecule has 8 heteroatoms. The third kappa shape index (κ3) is 4.00. The van der Waals surface area contributed by atoms with Crippen molar-refractivity contribution in [3.05, 3.63) is 59.4 Å². The van der Waals surface area contributed by atoms with Crippen LogP contribution in [-0.2, 0) is 4.74 Å². The van der Waals surface area contributed by atoms with E-state index in [2.05, 4.69) is 10.3 Å². The van der Waals surface area contributed by atoms with Crippen LogP contribution in [0.2, 0.25) is 0 Å². The second-order valence-corrected chi connectivity index (χ2v) is 7.66. The van der Waals surface area contributed by atoms with Gasteiger partial charge in [0.15, 0.2) is 0 Å². The zero-order chi connectivity index (χ0) is 21.4. The van der Waals surface area contributed by atoms with Gasteiger partial charge in [-0.25, -0.2) is 18.0 Å². The number of alkyl carbamates (subject to hydrolysis) is 1. The van der Waals surface area contributed by atoms with Crippen molar-refractivity contribution in [2.24, 2.45) is 0 Å². The zero-order valence-corrected chi connectivity index (χ0v) is 16.2. The van der Waals surface area contributed by atoms with Crippen LogP contribution in [0.4, 0.5) is 18.0 Å². The lowest BCUT2D eigenvalue weighted by molar-refractivity contribution is 0.0378. The summed E-state index contributed by atoms with van der Waals surface area (Å²) in [6.07, 6.45) is -0.661. The number of benzene rings is 2. The molecule has 1 heterocycles. The Labute approximate surface area is 170 Å². The molecular formula is C22H21F3N2O3. The molecule has 1 aromatic heterocycles. The molecule has 1 amide bonds. The van der Waals surface area contributed by atoms with Crippen LogP contribution in [0.25, 0.3) is 22.2 Å². The van der Waals surface area contributed by atoms with Crippen LogP contribution in [0.1, 0.15) is 31.2 Å². The highest BCUT2D eigenvalue weighted by Gasteiger charge is 2.37. The molecule has 1 fully saturated rings. The van der Waals surface area contributed by atoms with E-state index in [0.717, 1.165) is 11.6 Å². The Morgan fingerprint density at radius 1 is 1.20 bits per heavy atom. The van der Waals surface area contributed by atoms with Crippen molar-refractivity contribution < 1.29 is 27.8 Å². The minimum atomic E-state index is -0.704. The molecule has 0 aliphatic heterocycles. The van der Waals surface area contributed by atoms with E-state index in [4.69, 9.17) is 4.74 Å². The number of carbonyl (C=O) groups is 1. The Morgan fingerprint density at radius 3 is 2.57 bits per heavy atom. The fraction of sp³-hybridized carbons (Fsp3) is 0.318. The number of aromatic nitrogens is 1. The van der Waals surface area contributed by atoms with Crippen molar-refractivity contribution in [3.63, 3.8) is 0 Å². The highest BCUT2D eigenvalue weighted by molar-refractivity contribution is 5.92. The first-order chi connectivity index (χ1) is 14.3. The second kappa shape index (κ2) is 8.02. The molecule has 3 aromatic rings. The van der Waals surface area contributed by atoms with E-state index in [0.29, 0.717) is 29.5 Å². The number of fused-ring (bicyclic) bond motifs is 1. The number of ether oxygens (including phenoxy) is 1. The lowest BCUT2D eigenvalue weighted by Crippen LogP contribution is -2.38. The molecule has 2 aromatic carbocycles. The van der Waals surface area contributed by atoms with Gasteiger partial charge in [0.2, 0.25) is 0 Å². The minimum absolute atomic E-state index is 0.0880. The average Bonchev–Trinajstić information content (AvgIpc) is 3.02. The molecule has 5 nitrogen and oxygen atoms in total. The lowest BCUT2D eigenvalue weighted by Gasteiger charge is -2.35. The van der Waals surface area contributed by atoms with Gasteiger partial charge in [0.25, 0.3) is 0 Å². The summed E-state index contributed by atoms with van der Waals surface area (Å²) in [4.78, 5) is 14.8. The maximum absolute atomic E-state index is 14.4. The molecule has 0 unspecified atom stereocenters. The maximum Gasteiger partial charge on any atom is 0.407 e. The third-order valence-electron chi connectivity index (χ3n) is 5.32. The van der Waals surface area contributed by atoms with Crippen LogP contribution in [0.5, 0.6) is 0 Å². The molecule has 30 heavy (non-hydrogen) atoms. The highest BCUT2D eigenvalue weighted by Crippen LogP contribution is 2.46. The molecule has 1 atom stereocenters. The summed E-state index contributed by atoms with van der Waals surface area (Å²) in [5.74, 6) is -1.87. The normalized spacial score (nSPS) is 19.4. The molecule has 4 rings (SSSR count). The summed E-state index contributed by atoms with van der Waals surface area (Å²) in [7, 11) is 0. The summed E-state index contributed by atoms with van der Waals surface area (Å²) < 4.78 is 47.0. The van der Waals surface area contributed by atoms with Crippen LogP contribution in [0.15, 0.2) is 36.4 Å². The SMILES string of the molecule is C[C@@H](O)CNC(=O)O[C@H]1C[C@H](c2c(-c3ccc(F)cc3)[nH]c3c(F)cc(F)cc32)C1. The summed E-state index contributed by atoms with van der Waals surface area (Å²) in [5.41, 5.74) is 2.15. The van der Waals surface area contributed by atoms with Gasteiger partial charge < -0.3 is 20.1 Å². The largest absolute Gasteiger partial charge is 0.446 e. The van der Waals surface area contributed by atoms with Gasteiger partial charge in [-0.2, -0.15) is 0 Å². The van der Waals surface area contributed by atoms with Crippen LogP contribution in [-0.4, -0.2) is 34.9 Å². The van der Waals surface area contributed by atoms with E-state index in [9.17, 15) is 23.1 Å². The Hall–Kier alpha value is -3.00. The van der Waals surface area contributed by atoms with Crippen LogP contribution in [0, 0.1) is 17.5 Å². The first-order valence-electron chi connectivity index (χ1n) is 9.71. The van der Waals surface area contributed by atoms with Crippen molar-refractivity contribution >= 4 is 17.0 Å². The number of rotatable bonds is 5. The molecule has 1 saturated carbocycles. The van der Waals surface area contributed by atoms with Gasteiger partial charge in [0.1, 0.15) is 23.6 Å². The fourth-order valence-corrected chi connectivity index (χ4v) is 3.83. The predicted octanol–water partition coefficient (Wildman–Crippen LogP) is 4.61. The van der Waals surface area contributed by atoms with Gasteiger partial charge in [-0.3, -0.25) is 0 Å². The summed E-state index contributed by atoms with van der Waals surface area (Å²) in [6, 6.07) is 7.86. The van der Waals surface area contributed by atoms with Gasteiger partial charge in [0, 0.05) is 18.0 Å². The number of halogens is 3. The van der Waals surface area contributed by atoms with Crippen molar-refractivity contribution in [2.75, 3.05) is 6.54 Å². The van der Waals surface area contributed by atoms with Gasteiger partial charge in [-0.05, 0) is 67.1 Å². The quantitative estimate of drug-likeness (QED) is 0.567. The number of aliphatic hydroxyl groups is 1. The molecule has 158 valence electrons. The van der Waals surface area contributed by atoms with E-state index in [1.165, 1.54) is 18.2 Å². The van der Waals surface area contributed by atoms with E-state index in [1.807, 2.05) is 0 Å². The number of hydrogen-bond donors (Lipinski definition) is 3. The van der Waals surface area contributed by atoms with Crippen molar-refractivity contribution in [1.82, 2.24) is 10.3 Å². The molecule has 0 spiro atoms. The second-order valence-electron chi connectivity index (χ2n) is 7.66. The number of hydrogen-bond acceptors (Lipinski definition) is 3. The Bertz CT molecular complexity index is 1070. The topological polar surface area (TPSA) is 74.3 Å². The predicted molar refractivity (Wildman–Crippen MR) is 106 cm³/mol. The van der Waals surface area contributed by atoms with Crippen LogP contribution < -0.4 is 5.32 Å². The summed E-state index contributed by atoms with van der Waals surface area (Å²) in [5, 5.41) is 12.1. The molecule has 1 aliphatic rings. The van der Waals surface area contributed by atoms with E-state index >= 15 is 0 Å². The molecule has 3 N–H and O–H groups in total. The van der Waals surface area contributed by atoms with Gasteiger partial charge >= 0.3 is 6.09 Å². The molecule has 1 aliphatic carbocycles. The van der Waals surface area contributed by atoms with Gasteiger partial charge in [-0.1, -0.05) is 0 Å². The maximum atomic E-state index is 14.4. The Morgan fingerprint density at radius 2 is 1.90 bits per heavy atom. The highest BCUT2D eigenvalue weighted by atomic mass is 19.1. The van der Waals surface area contributed by atoms with E-state index in [-0.39, 0.29) is 24.1 Å². The van der Waals surface area contributed by atoms with Gasteiger partial charge in [0.05, 0.1) is 17.3 Å².